The van der Waals surface area contributed by atoms with Crippen LogP contribution in [0.2, 0.25) is 5.02 Å². The first kappa shape index (κ1) is 25.5. The zero-order valence-corrected chi connectivity index (χ0v) is 21.1. The Kier molecular flexibility index (Phi) is 8.51. The van der Waals surface area contributed by atoms with Crippen LogP contribution in [-0.2, 0) is 29.0 Å². The summed E-state index contributed by atoms with van der Waals surface area (Å²) in [5.41, 5.74) is 3.55. The number of hydrogen-bond acceptors (Lipinski definition) is 2. The van der Waals surface area contributed by atoms with Crippen molar-refractivity contribution in [3.8, 4) is 0 Å². The fraction of sp³-hybridized carbons (Fsp3) is 0.310. The van der Waals surface area contributed by atoms with E-state index in [2.05, 4.69) is 5.32 Å². The second-order valence-electron chi connectivity index (χ2n) is 9.70. The predicted molar refractivity (Wildman–Crippen MR) is 139 cm³/mol. The van der Waals surface area contributed by atoms with Crippen LogP contribution in [-0.4, -0.2) is 28.3 Å². The van der Waals surface area contributed by atoms with Crippen LogP contribution < -0.4 is 5.32 Å². The first-order valence-electron chi connectivity index (χ1n) is 11.6. The first-order valence-corrected chi connectivity index (χ1v) is 11.9. The van der Waals surface area contributed by atoms with Crippen LogP contribution in [0, 0.1) is 6.92 Å². The lowest BCUT2D eigenvalue weighted by molar-refractivity contribution is -0.141. The molecule has 3 rings (SSSR count). The van der Waals surface area contributed by atoms with Crippen molar-refractivity contribution in [2.24, 2.45) is 0 Å². The minimum Gasteiger partial charge on any atom is -0.350 e. The van der Waals surface area contributed by atoms with Crippen LogP contribution >= 0.6 is 11.6 Å². The van der Waals surface area contributed by atoms with E-state index in [0.29, 0.717) is 18.0 Å². The van der Waals surface area contributed by atoms with Crippen LogP contribution in [0.15, 0.2) is 78.9 Å². The van der Waals surface area contributed by atoms with E-state index in [4.69, 9.17) is 11.6 Å². The van der Waals surface area contributed by atoms with Crippen LogP contribution in [0.4, 0.5) is 0 Å². The van der Waals surface area contributed by atoms with Crippen LogP contribution in [0.1, 0.15) is 43.0 Å². The van der Waals surface area contributed by atoms with Crippen molar-refractivity contribution >= 4 is 23.4 Å². The number of carbonyl (C=O) groups excluding carboxylic acids is 2. The summed E-state index contributed by atoms with van der Waals surface area (Å²) >= 11 is 6.03. The van der Waals surface area contributed by atoms with Crippen molar-refractivity contribution in [2.45, 2.75) is 58.7 Å². The maximum atomic E-state index is 13.7. The lowest BCUT2D eigenvalue weighted by Crippen LogP contribution is -2.54. The molecule has 2 amide bonds. The second-order valence-corrected chi connectivity index (χ2v) is 10.1. The molecule has 0 heterocycles. The van der Waals surface area contributed by atoms with Gasteiger partial charge in [0.15, 0.2) is 0 Å². The number of nitrogens with one attached hydrogen (secondary N) is 1. The van der Waals surface area contributed by atoms with E-state index in [1.54, 1.807) is 17.0 Å². The molecule has 3 aromatic carbocycles. The van der Waals surface area contributed by atoms with Crippen molar-refractivity contribution in [3.05, 3.63) is 106 Å². The molecule has 0 radical (unpaired) electrons. The molecule has 0 saturated carbocycles. The van der Waals surface area contributed by atoms with Gasteiger partial charge >= 0.3 is 0 Å². The maximum absolute atomic E-state index is 13.7. The number of halogens is 1. The summed E-state index contributed by atoms with van der Waals surface area (Å²) in [6.07, 6.45) is 0.623. The molecule has 0 aliphatic rings. The average Bonchev–Trinajstić information content (AvgIpc) is 2.78. The Morgan fingerprint density at radius 1 is 0.882 bits per heavy atom. The molecule has 0 unspecified atom stereocenters. The van der Waals surface area contributed by atoms with Crippen molar-refractivity contribution in [3.63, 3.8) is 0 Å². The minimum atomic E-state index is -0.652. The zero-order valence-electron chi connectivity index (χ0n) is 20.3. The fourth-order valence-electron chi connectivity index (χ4n) is 3.86. The molecule has 5 heteroatoms. The molecule has 0 bridgehead atoms. The topological polar surface area (TPSA) is 49.4 Å². The number of amides is 2. The monoisotopic (exact) mass is 476 g/mol. The molecular formula is C29H33ClN2O2. The van der Waals surface area contributed by atoms with Gasteiger partial charge in [0.1, 0.15) is 6.04 Å². The fourth-order valence-corrected chi connectivity index (χ4v) is 3.98. The Labute approximate surface area is 207 Å². The molecule has 34 heavy (non-hydrogen) atoms. The van der Waals surface area contributed by atoms with Gasteiger partial charge in [0.05, 0.1) is 6.42 Å². The Morgan fingerprint density at radius 3 is 2.12 bits per heavy atom. The molecule has 0 aliphatic carbocycles. The van der Waals surface area contributed by atoms with Gasteiger partial charge in [-0.05, 0) is 62.1 Å². The first-order chi connectivity index (χ1) is 16.1. The summed E-state index contributed by atoms with van der Waals surface area (Å²) in [4.78, 5) is 29.0. The number of hydrogen-bond donors (Lipinski definition) is 1. The van der Waals surface area contributed by atoms with E-state index in [1.165, 1.54) is 0 Å². The Morgan fingerprint density at radius 2 is 1.50 bits per heavy atom. The number of nitrogens with zero attached hydrogens (tertiary/aromatic N) is 1. The van der Waals surface area contributed by atoms with Gasteiger partial charge in [-0.15, -0.1) is 0 Å². The summed E-state index contributed by atoms with van der Waals surface area (Å²) in [6, 6.07) is 24.4. The Bertz CT molecular complexity index is 1100. The van der Waals surface area contributed by atoms with Gasteiger partial charge in [-0.1, -0.05) is 78.3 Å². The largest absolute Gasteiger partial charge is 0.350 e. The lowest BCUT2D eigenvalue weighted by atomic mass is 9.99. The number of aryl methyl sites for hydroxylation is 1. The molecule has 0 spiro atoms. The summed E-state index contributed by atoms with van der Waals surface area (Å²) in [7, 11) is 0. The van der Waals surface area contributed by atoms with E-state index in [-0.39, 0.29) is 18.2 Å². The standard InChI is InChI=1S/C29H33ClN2O2/c1-21-10-8-9-13-24(21)20-32(27(33)19-23-14-16-25(30)17-15-23)26(28(34)31-29(2,3)4)18-22-11-6-5-7-12-22/h5-17,26H,18-20H2,1-4H3,(H,31,34)/t26-/m0/s1. The van der Waals surface area contributed by atoms with E-state index in [1.807, 2.05) is 94.4 Å². The maximum Gasteiger partial charge on any atom is 0.243 e. The van der Waals surface area contributed by atoms with E-state index < -0.39 is 11.6 Å². The molecule has 178 valence electrons. The Balaban J connectivity index is 1.99. The van der Waals surface area contributed by atoms with Gasteiger partial charge in [-0.3, -0.25) is 9.59 Å². The lowest BCUT2D eigenvalue weighted by Gasteiger charge is -2.34. The summed E-state index contributed by atoms with van der Waals surface area (Å²) in [5, 5.41) is 3.72. The second kappa shape index (κ2) is 11.3. The molecule has 0 fully saturated rings. The van der Waals surface area contributed by atoms with Gasteiger partial charge in [-0.2, -0.15) is 0 Å². The Hall–Kier alpha value is -3.11. The van der Waals surface area contributed by atoms with E-state index in [0.717, 1.165) is 22.3 Å². The highest BCUT2D eigenvalue weighted by atomic mass is 35.5. The van der Waals surface area contributed by atoms with E-state index in [9.17, 15) is 9.59 Å². The third-order valence-electron chi connectivity index (χ3n) is 5.64. The summed E-state index contributed by atoms with van der Waals surface area (Å²) < 4.78 is 0. The van der Waals surface area contributed by atoms with Gasteiger partial charge in [0, 0.05) is 23.5 Å². The normalized spacial score (nSPS) is 12.1. The van der Waals surface area contributed by atoms with Crippen LogP contribution in [0.3, 0.4) is 0 Å². The van der Waals surface area contributed by atoms with Crippen molar-refractivity contribution in [1.29, 1.82) is 0 Å². The average molecular weight is 477 g/mol. The number of benzene rings is 3. The third kappa shape index (κ3) is 7.46. The van der Waals surface area contributed by atoms with Gasteiger partial charge in [-0.25, -0.2) is 0 Å². The van der Waals surface area contributed by atoms with Gasteiger partial charge < -0.3 is 10.2 Å². The predicted octanol–water partition coefficient (Wildman–Crippen LogP) is 5.75. The summed E-state index contributed by atoms with van der Waals surface area (Å²) in [6.45, 7) is 8.23. The molecule has 1 N–H and O–H groups in total. The molecule has 0 aromatic heterocycles. The highest BCUT2D eigenvalue weighted by Gasteiger charge is 2.32. The molecule has 4 nitrogen and oxygen atoms in total. The SMILES string of the molecule is Cc1ccccc1CN(C(=O)Cc1ccc(Cl)cc1)[C@@H](Cc1ccccc1)C(=O)NC(C)(C)C. The van der Waals surface area contributed by atoms with Crippen molar-refractivity contribution in [2.75, 3.05) is 0 Å². The van der Waals surface area contributed by atoms with Crippen LogP contribution in [0.5, 0.6) is 0 Å². The number of rotatable bonds is 8. The minimum absolute atomic E-state index is 0.101. The third-order valence-corrected chi connectivity index (χ3v) is 5.89. The van der Waals surface area contributed by atoms with E-state index >= 15 is 0 Å². The van der Waals surface area contributed by atoms with Gasteiger partial charge in [0.25, 0.3) is 0 Å². The highest BCUT2D eigenvalue weighted by molar-refractivity contribution is 6.30. The molecular weight excluding hydrogens is 444 g/mol. The molecule has 0 saturated heterocycles. The van der Waals surface area contributed by atoms with Crippen LogP contribution in [0.25, 0.3) is 0 Å². The highest BCUT2D eigenvalue weighted by Crippen LogP contribution is 2.20. The molecule has 0 aliphatic heterocycles. The van der Waals surface area contributed by atoms with Crippen molar-refractivity contribution in [1.82, 2.24) is 10.2 Å². The number of carbonyl (C=O) groups is 2. The molecule has 3 aromatic rings. The molecule has 1 atom stereocenters. The quantitative estimate of drug-likeness (QED) is 0.450. The van der Waals surface area contributed by atoms with Crippen molar-refractivity contribution < 1.29 is 9.59 Å². The zero-order chi connectivity index (χ0) is 24.7. The van der Waals surface area contributed by atoms with Gasteiger partial charge in [0.2, 0.25) is 11.8 Å². The summed E-state index contributed by atoms with van der Waals surface area (Å²) in [5.74, 6) is -0.259. The smallest absolute Gasteiger partial charge is 0.243 e.